The van der Waals surface area contributed by atoms with Gasteiger partial charge in [0, 0.05) is 36.9 Å². The summed E-state index contributed by atoms with van der Waals surface area (Å²) in [5, 5.41) is 3.58. The molecule has 8 heteroatoms. The zero-order chi connectivity index (χ0) is 26.1. The lowest BCUT2D eigenvalue weighted by molar-refractivity contribution is 0.0722. The Morgan fingerprint density at radius 3 is 2.55 bits per heavy atom. The third-order valence-corrected chi connectivity index (χ3v) is 7.62. The standard InChI is InChI=1S/C30H32N6O2/c31-14-13-20-7-10-23(11-8-20)33-30-32-18-25-27(37)26(29(38)35-15-2-1-3-16-35)19-36(28(25)34-30)24-12-9-21-5-4-6-22(21)17-24/h7-12,17-19H,1-6,13-16,31H2,(H,32,33,34). The van der Waals surface area contributed by atoms with Gasteiger partial charge in [0.25, 0.3) is 5.91 Å². The number of rotatable bonds is 6. The zero-order valence-electron chi connectivity index (χ0n) is 21.4. The maximum atomic E-state index is 13.6. The Hall–Kier alpha value is -4.04. The Kier molecular flexibility index (Phi) is 6.64. The van der Waals surface area contributed by atoms with E-state index in [2.05, 4.69) is 28.5 Å². The van der Waals surface area contributed by atoms with Gasteiger partial charge in [-0.05, 0) is 92.4 Å². The fourth-order valence-corrected chi connectivity index (χ4v) is 5.55. The molecule has 1 aliphatic carbocycles. The molecule has 8 nitrogen and oxygen atoms in total. The van der Waals surface area contributed by atoms with Gasteiger partial charge in [0.1, 0.15) is 5.56 Å². The van der Waals surface area contributed by atoms with E-state index < -0.39 is 0 Å². The highest BCUT2D eigenvalue weighted by Crippen LogP contribution is 2.27. The third-order valence-electron chi connectivity index (χ3n) is 7.62. The molecule has 3 N–H and O–H groups in total. The zero-order valence-corrected chi connectivity index (χ0v) is 21.4. The summed E-state index contributed by atoms with van der Waals surface area (Å²) in [7, 11) is 0. The molecule has 0 unspecified atom stereocenters. The number of hydrogen-bond donors (Lipinski definition) is 2. The van der Waals surface area contributed by atoms with Gasteiger partial charge in [-0.2, -0.15) is 4.98 Å². The summed E-state index contributed by atoms with van der Waals surface area (Å²) in [6, 6.07) is 14.3. The molecular weight excluding hydrogens is 476 g/mol. The molecule has 0 saturated carbocycles. The maximum absolute atomic E-state index is 13.6. The average molecular weight is 509 g/mol. The van der Waals surface area contributed by atoms with Crippen LogP contribution in [0.2, 0.25) is 0 Å². The summed E-state index contributed by atoms with van der Waals surface area (Å²) >= 11 is 0. The summed E-state index contributed by atoms with van der Waals surface area (Å²) in [4.78, 5) is 38.1. The highest BCUT2D eigenvalue weighted by Gasteiger charge is 2.24. The second-order valence-electron chi connectivity index (χ2n) is 10.2. The highest BCUT2D eigenvalue weighted by atomic mass is 16.2. The monoisotopic (exact) mass is 508 g/mol. The number of nitrogens with zero attached hydrogens (tertiary/aromatic N) is 4. The molecule has 1 saturated heterocycles. The van der Waals surface area contributed by atoms with Crippen molar-refractivity contribution in [2.45, 2.75) is 44.9 Å². The van der Waals surface area contributed by atoms with Crippen LogP contribution in [0.4, 0.5) is 11.6 Å². The summed E-state index contributed by atoms with van der Waals surface area (Å²) < 4.78 is 1.88. The van der Waals surface area contributed by atoms with E-state index in [1.165, 1.54) is 17.3 Å². The van der Waals surface area contributed by atoms with E-state index in [1.807, 2.05) is 28.8 Å². The molecule has 4 aromatic rings. The van der Waals surface area contributed by atoms with E-state index in [1.54, 1.807) is 11.1 Å². The van der Waals surface area contributed by atoms with Crippen molar-refractivity contribution in [1.82, 2.24) is 19.4 Å². The number of carbonyl (C=O) groups excluding carboxylic acids is 1. The number of anilines is 2. The molecule has 2 aromatic heterocycles. The number of benzene rings is 2. The molecular formula is C30H32N6O2. The quantitative estimate of drug-likeness (QED) is 0.406. The van der Waals surface area contributed by atoms with E-state index >= 15 is 0 Å². The number of nitrogens with two attached hydrogens (primary N) is 1. The number of fused-ring (bicyclic) bond motifs is 2. The van der Waals surface area contributed by atoms with Crippen LogP contribution in [-0.4, -0.2) is 45.0 Å². The molecule has 1 aliphatic heterocycles. The Morgan fingerprint density at radius 1 is 0.974 bits per heavy atom. The molecule has 3 heterocycles. The Labute approximate surface area is 221 Å². The van der Waals surface area contributed by atoms with Gasteiger partial charge in [-0.1, -0.05) is 18.2 Å². The molecule has 38 heavy (non-hydrogen) atoms. The van der Waals surface area contributed by atoms with Crippen LogP contribution >= 0.6 is 0 Å². The van der Waals surface area contributed by atoms with Crippen LogP contribution in [0, 0.1) is 0 Å². The number of piperidine rings is 1. The molecule has 0 spiro atoms. The summed E-state index contributed by atoms with van der Waals surface area (Å²) in [5.41, 5.74) is 11.5. The normalized spacial score (nSPS) is 15.0. The number of pyridine rings is 1. The predicted molar refractivity (Wildman–Crippen MR) is 149 cm³/mol. The molecule has 194 valence electrons. The number of nitrogens with one attached hydrogen (secondary N) is 1. The summed E-state index contributed by atoms with van der Waals surface area (Å²) in [5.74, 6) is 0.166. The van der Waals surface area contributed by atoms with E-state index in [9.17, 15) is 9.59 Å². The van der Waals surface area contributed by atoms with E-state index in [0.717, 1.165) is 61.9 Å². The van der Waals surface area contributed by atoms with Crippen molar-refractivity contribution >= 4 is 28.6 Å². The smallest absolute Gasteiger partial charge is 0.259 e. The number of amides is 1. The molecule has 1 amide bonds. The number of aryl methyl sites for hydroxylation is 2. The first kappa shape index (κ1) is 24.3. The third kappa shape index (κ3) is 4.67. The second kappa shape index (κ2) is 10.4. The van der Waals surface area contributed by atoms with Gasteiger partial charge < -0.3 is 20.5 Å². The first-order valence-electron chi connectivity index (χ1n) is 13.5. The minimum Gasteiger partial charge on any atom is -0.338 e. The lowest BCUT2D eigenvalue weighted by atomic mass is 10.1. The number of hydrogen-bond acceptors (Lipinski definition) is 6. The molecule has 2 aromatic carbocycles. The molecule has 2 aliphatic rings. The van der Waals surface area contributed by atoms with Crippen LogP contribution in [0.15, 0.2) is 59.7 Å². The van der Waals surface area contributed by atoms with Crippen LogP contribution in [0.25, 0.3) is 16.7 Å². The fraction of sp³-hybridized carbons (Fsp3) is 0.333. The predicted octanol–water partition coefficient (Wildman–Crippen LogP) is 4.14. The summed E-state index contributed by atoms with van der Waals surface area (Å²) in [6.07, 6.45) is 10.3. The minimum atomic E-state index is -0.328. The van der Waals surface area contributed by atoms with Crippen molar-refractivity contribution in [3.63, 3.8) is 0 Å². The summed E-state index contributed by atoms with van der Waals surface area (Å²) in [6.45, 7) is 1.96. The average Bonchev–Trinajstić information content (AvgIpc) is 3.43. The highest BCUT2D eigenvalue weighted by molar-refractivity contribution is 5.97. The topological polar surface area (TPSA) is 106 Å². The van der Waals surface area contributed by atoms with Gasteiger partial charge in [-0.3, -0.25) is 9.59 Å². The number of carbonyl (C=O) groups is 1. The Morgan fingerprint density at radius 2 is 1.76 bits per heavy atom. The van der Waals surface area contributed by atoms with Gasteiger partial charge >= 0.3 is 0 Å². The van der Waals surface area contributed by atoms with Crippen LogP contribution in [0.1, 0.15) is 52.7 Å². The van der Waals surface area contributed by atoms with E-state index in [-0.39, 0.29) is 16.9 Å². The van der Waals surface area contributed by atoms with Gasteiger partial charge in [0.15, 0.2) is 5.65 Å². The van der Waals surface area contributed by atoms with Crippen molar-refractivity contribution in [3.8, 4) is 5.69 Å². The van der Waals surface area contributed by atoms with Gasteiger partial charge in [-0.25, -0.2) is 4.98 Å². The first-order chi connectivity index (χ1) is 18.6. The first-order valence-corrected chi connectivity index (χ1v) is 13.5. The Balaban J connectivity index is 1.45. The number of aromatic nitrogens is 3. The van der Waals surface area contributed by atoms with Crippen LogP contribution < -0.4 is 16.5 Å². The fourth-order valence-electron chi connectivity index (χ4n) is 5.55. The lowest BCUT2D eigenvalue weighted by Crippen LogP contribution is -2.38. The van der Waals surface area contributed by atoms with Crippen LogP contribution in [-0.2, 0) is 19.3 Å². The lowest BCUT2D eigenvalue weighted by Gasteiger charge is -2.27. The molecule has 6 rings (SSSR count). The SMILES string of the molecule is NCCc1ccc(Nc2ncc3c(=O)c(C(=O)N4CCCCC4)cn(-c4ccc5c(c4)CCC5)c3n2)cc1. The molecule has 1 fully saturated rings. The van der Waals surface area contributed by atoms with Crippen LogP contribution in [0.5, 0.6) is 0 Å². The van der Waals surface area contributed by atoms with Crippen molar-refractivity contribution in [1.29, 1.82) is 0 Å². The van der Waals surface area contributed by atoms with Gasteiger partial charge in [-0.15, -0.1) is 0 Å². The second-order valence-corrected chi connectivity index (χ2v) is 10.2. The van der Waals surface area contributed by atoms with E-state index in [4.69, 9.17) is 10.7 Å². The maximum Gasteiger partial charge on any atom is 0.259 e. The van der Waals surface area contributed by atoms with Crippen molar-refractivity contribution in [2.24, 2.45) is 5.73 Å². The van der Waals surface area contributed by atoms with Crippen LogP contribution in [0.3, 0.4) is 0 Å². The molecule has 0 atom stereocenters. The largest absolute Gasteiger partial charge is 0.338 e. The minimum absolute atomic E-state index is 0.166. The molecule has 0 radical (unpaired) electrons. The van der Waals surface area contributed by atoms with Crippen molar-refractivity contribution in [3.05, 3.63) is 87.3 Å². The Bertz CT molecular complexity index is 1550. The number of likely N-dealkylation sites (tertiary alicyclic amines) is 1. The molecule has 0 bridgehead atoms. The van der Waals surface area contributed by atoms with Gasteiger partial charge in [0.2, 0.25) is 11.4 Å². The van der Waals surface area contributed by atoms with Crippen molar-refractivity contribution < 1.29 is 4.79 Å². The van der Waals surface area contributed by atoms with Gasteiger partial charge in [0.05, 0.1) is 5.39 Å². The van der Waals surface area contributed by atoms with E-state index in [0.29, 0.717) is 36.6 Å². The van der Waals surface area contributed by atoms with Crippen molar-refractivity contribution in [2.75, 3.05) is 25.0 Å².